The van der Waals surface area contributed by atoms with E-state index >= 15 is 0 Å². The Morgan fingerprint density at radius 3 is 2.61 bits per heavy atom. The van der Waals surface area contributed by atoms with Crippen LogP contribution in [0.1, 0.15) is 17.5 Å². The average molecular weight is 319 g/mol. The lowest BCUT2D eigenvalue weighted by molar-refractivity contribution is -0.141. The third kappa shape index (κ3) is 4.21. The van der Waals surface area contributed by atoms with Gasteiger partial charge < -0.3 is 20.2 Å². The van der Waals surface area contributed by atoms with E-state index in [9.17, 15) is 14.4 Å². The van der Waals surface area contributed by atoms with Crippen LogP contribution >= 0.6 is 15.9 Å². The molecule has 1 heterocycles. The summed E-state index contributed by atoms with van der Waals surface area (Å²) < 4.78 is 5.38. The number of nitrogens with one attached hydrogen (secondary N) is 2. The molecule has 7 nitrogen and oxygen atoms in total. The fraction of sp³-hybridized carbons (Fsp3) is 0.300. The molecular weight excluding hydrogens is 308 g/mol. The van der Waals surface area contributed by atoms with Gasteiger partial charge in [-0.1, -0.05) is 0 Å². The Bertz CT molecular complexity index is 471. The van der Waals surface area contributed by atoms with E-state index in [2.05, 4.69) is 26.6 Å². The van der Waals surface area contributed by atoms with E-state index < -0.39 is 23.8 Å². The molecule has 98 valence electrons. The van der Waals surface area contributed by atoms with Crippen LogP contribution in [0.4, 0.5) is 0 Å². The molecule has 0 saturated carbocycles. The molecular formula is C10H11BrN2O5. The van der Waals surface area contributed by atoms with Crippen LogP contribution in [0.3, 0.4) is 0 Å². The van der Waals surface area contributed by atoms with Gasteiger partial charge in [0.2, 0.25) is 5.91 Å². The van der Waals surface area contributed by atoms with E-state index in [-0.39, 0.29) is 12.3 Å². The number of carbonyl (C=O) groups excluding carboxylic acids is 2. The zero-order valence-corrected chi connectivity index (χ0v) is 11.0. The number of carboxylic acid groups (broad SMARTS) is 1. The number of halogens is 1. The molecule has 0 aliphatic carbocycles. The second-order valence-corrected chi connectivity index (χ2v) is 4.20. The Morgan fingerprint density at radius 2 is 2.11 bits per heavy atom. The molecule has 0 fully saturated rings. The van der Waals surface area contributed by atoms with Crippen molar-refractivity contribution >= 4 is 33.7 Å². The molecule has 3 N–H and O–H groups in total. The quantitative estimate of drug-likeness (QED) is 0.726. The van der Waals surface area contributed by atoms with E-state index in [1.54, 1.807) is 6.07 Å². The number of rotatable bonds is 5. The summed E-state index contributed by atoms with van der Waals surface area (Å²) in [6, 6.07) is 1.98. The fourth-order valence-corrected chi connectivity index (χ4v) is 1.34. The van der Waals surface area contributed by atoms with E-state index in [0.717, 1.165) is 0 Å². The van der Waals surface area contributed by atoms with Gasteiger partial charge in [0.05, 0.1) is 6.54 Å². The van der Waals surface area contributed by atoms with Crippen molar-refractivity contribution in [3.63, 3.8) is 0 Å². The fourth-order valence-electron chi connectivity index (χ4n) is 1.04. The first-order valence-electron chi connectivity index (χ1n) is 4.96. The minimum atomic E-state index is -1.15. The van der Waals surface area contributed by atoms with Crippen molar-refractivity contribution < 1.29 is 23.9 Å². The summed E-state index contributed by atoms with van der Waals surface area (Å²) in [5, 5.41) is 13.1. The van der Waals surface area contributed by atoms with E-state index in [0.29, 0.717) is 4.67 Å². The smallest absolute Gasteiger partial charge is 0.325 e. The lowest BCUT2D eigenvalue weighted by Crippen LogP contribution is -2.43. The molecule has 0 saturated heterocycles. The molecule has 1 unspecified atom stereocenters. The molecule has 1 aromatic rings. The monoisotopic (exact) mass is 318 g/mol. The SMILES string of the molecule is CC(NC(=O)CNC(=O)c1ccc(Br)o1)C(=O)O. The van der Waals surface area contributed by atoms with Gasteiger partial charge in [-0.15, -0.1) is 0 Å². The summed E-state index contributed by atoms with van der Waals surface area (Å²) in [6.45, 7) is 1.00. The summed E-state index contributed by atoms with van der Waals surface area (Å²) in [4.78, 5) is 33.2. The minimum Gasteiger partial charge on any atom is -0.480 e. The van der Waals surface area contributed by atoms with Gasteiger partial charge in [-0.25, -0.2) is 0 Å². The van der Waals surface area contributed by atoms with Gasteiger partial charge in [0.1, 0.15) is 6.04 Å². The molecule has 8 heteroatoms. The van der Waals surface area contributed by atoms with Crippen LogP contribution in [-0.2, 0) is 9.59 Å². The predicted molar refractivity (Wildman–Crippen MR) is 64.0 cm³/mol. The number of hydrogen-bond acceptors (Lipinski definition) is 4. The zero-order valence-electron chi connectivity index (χ0n) is 9.40. The summed E-state index contributed by atoms with van der Waals surface area (Å²) in [7, 11) is 0. The van der Waals surface area contributed by atoms with Gasteiger partial charge >= 0.3 is 5.97 Å². The number of amides is 2. The third-order valence-electron chi connectivity index (χ3n) is 1.95. The minimum absolute atomic E-state index is 0.0564. The highest BCUT2D eigenvalue weighted by molar-refractivity contribution is 9.10. The molecule has 1 rings (SSSR count). The maximum Gasteiger partial charge on any atom is 0.325 e. The third-order valence-corrected chi connectivity index (χ3v) is 2.38. The van der Waals surface area contributed by atoms with Crippen LogP contribution < -0.4 is 10.6 Å². The molecule has 2 amide bonds. The van der Waals surface area contributed by atoms with E-state index in [4.69, 9.17) is 9.52 Å². The maximum absolute atomic E-state index is 11.5. The Kier molecular flexibility index (Phi) is 4.90. The second-order valence-electron chi connectivity index (χ2n) is 3.41. The van der Waals surface area contributed by atoms with Crippen molar-refractivity contribution in [2.75, 3.05) is 6.54 Å². The van der Waals surface area contributed by atoms with Crippen LogP contribution in [0.2, 0.25) is 0 Å². The van der Waals surface area contributed by atoms with Gasteiger partial charge in [0, 0.05) is 0 Å². The van der Waals surface area contributed by atoms with Crippen molar-refractivity contribution in [1.82, 2.24) is 10.6 Å². The first-order valence-corrected chi connectivity index (χ1v) is 5.75. The van der Waals surface area contributed by atoms with Gasteiger partial charge in [-0.3, -0.25) is 14.4 Å². The van der Waals surface area contributed by atoms with Crippen LogP contribution in [-0.4, -0.2) is 35.5 Å². The number of carboxylic acids is 1. The molecule has 0 aliphatic heterocycles. The molecule has 0 aliphatic rings. The molecule has 0 bridgehead atoms. The maximum atomic E-state index is 11.5. The van der Waals surface area contributed by atoms with Gasteiger partial charge in [0.25, 0.3) is 5.91 Å². The topological polar surface area (TPSA) is 109 Å². The first-order chi connectivity index (χ1) is 8.40. The van der Waals surface area contributed by atoms with E-state index in [1.807, 2.05) is 0 Å². The van der Waals surface area contributed by atoms with Crippen molar-refractivity contribution in [2.24, 2.45) is 0 Å². The number of aliphatic carboxylic acids is 1. The Balaban J connectivity index is 2.39. The standard InChI is InChI=1S/C10H11BrN2O5/c1-5(10(16)17)13-8(14)4-12-9(15)6-2-3-7(11)18-6/h2-3,5H,4H2,1H3,(H,12,15)(H,13,14)(H,16,17). The summed E-state index contributed by atoms with van der Waals surface area (Å²) in [5.74, 6) is -2.24. The Hall–Kier alpha value is -1.83. The lowest BCUT2D eigenvalue weighted by atomic mass is 10.3. The zero-order chi connectivity index (χ0) is 13.7. The van der Waals surface area contributed by atoms with Crippen molar-refractivity contribution in [2.45, 2.75) is 13.0 Å². The largest absolute Gasteiger partial charge is 0.480 e. The van der Waals surface area contributed by atoms with Crippen molar-refractivity contribution in [3.05, 3.63) is 22.6 Å². The molecule has 0 spiro atoms. The van der Waals surface area contributed by atoms with Crippen LogP contribution in [0.15, 0.2) is 21.2 Å². The van der Waals surface area contributed by atoms with Gasteiger partial charge in [-0.2, -0.15) is 0 Å². The summed E-state index contributed by atoms with van der Waals surface area (Å²) >= 11 is 3.04. The number of furan rings is 1. The molecule has 0 aromatic carbocycles. The first kappa shape index (κ1) is 14.2. The van der Waals surface area contributed by atoms with Crippen LogP contribution in [0, 0.1) is 0 Å². The number of hydrogen-bond donors (Lipinski definition) is 3. The highest BCUT2D eigenvalue weighted by Crippen LogP contribution is 2.13. The highest BCUT2D eigenvalue weighted by Gasteiger charge is 2.15. The molecule has 1 aromatic heterocycles. The van der Waals surface area contributed by atoms with Gasteiger partial charge in [-0.05, 0) is 35.0 Å². The van der Waals surface area contributed by atoms with Crippen LogP contribution in [0.5, 0.6) is 0 Å². The van der Waals surface area contributed by atoms with Gasteiger partial charge in [0.15, 0.2) is 10.4 Å². The van der Waals surface area contributed by atoms with Crippen LogP contribution in [0.25, 0.3) is 0 Å². The summed E-state index contributed by atoms with van der Waals surface area (Å²) in [5.41, 5.74) is 0. The average Bonchev–Trinajstić information content (AvgIpc) is 2.72. The second kappa shape index (κ2) is 6.20. The molecule has 0 radical (unpaired) electrons. The number of carbonyl (C=O) groups is 3. The molecule has 1 atom stereocenters. The Labute approximate surface area is 111 Å². The highest BCUT2D eigenvalue weighted by atomic mass is 79.9. The summed E-state index contributed by atoms with van der Waals surface area (Å²) in [6.07, 6.45) is 0. The van der Waals surface area contributed by atoms with E-state index in [1.165, 1.54) is 13.0 Å². The molecule has 18 heavy (non-hydrogen) atoms. The Morgan fingerprint density at radius 1 is 1.44 bits per heavy atom. The lowest BCUT2D eigenvalue weighted by Gasteiger charge is -2.09. The van der Waals surface area contributed by atoms with Crippen molar-refractivity contribution in [1.29, 1.82) is 0 Å². The normalized spacial score (nSPS) is 11.7. The predicted octanol–water partition coefficient (Wildman–Crippen LogP) is 0.361. The van der Waals surface area contributed by atoms with Crippen molar-refractivity contribution in [3.8, 4) is 0 Å².